The second-order valence-corrected chi connectivity index (χ2v) is 15.7. The number of benzene rings is 9. The average Bonchev–Trinajstić information content (AvgIpc) is 4.03. The topological polar surface area (TPSA) is 40.0 Å². The van der Waals surface area contributed by atoms with Crippen LogP contribution < -0.4 is 0 Å². The van der Waals surface area contributed by atoms with E-state index < -0.39 is 0 Å². The molecule has 9 aromatic carbocycles. The Morgan fingerprint density at radius 1 is 0.322 bits per heavy atom. The highest BCUT2D eigenvalue weighted by Crippen LogP contribution is 2.47. The van der Waals surface area contributed by atoms with Crippen LogP contribution in [0.25, 0.3) is 126 Å². The summed E-state index contributed by atoms with van der Waals surface area (Å²) in [6.45, 7) is 0. The van der Waals surface area contributed by atoms with E-state index in [4.69, 9.17) is 9.97 Å². The van der Waals surface area contributed by atoms with Crippen molar-refractivity contribution in [2.75, 3.05) is 0 Å². The van der Waals surface area contributed by atoms with E-state index in [0.717, 1.165) is 38.8 Å². The minimum atomic E-state index is 0.645. The number of hydrogen-bond acceptors (Lipinski definition) is 2. The first-order valence-corrected chi connectivity index (χ1v) is 20.2. The molecule has 272 valence electrons. The van der Waals surface area contributed by atoms with Gasteiger partial charge in [0.2, 0.25) is 5.95 Å². The van der Waals surface area contributed by atoms with Crippen molar-refractivity contribution in [3.63, 3.8) is 0 Å². The van der Waals surface area contributed by atoms with Gasteiger partial charge in [-0.25, -0.2) is 4.98 Å². The van der Waals surface area contributed by atoms with Crippen molar-refractivity contribution in [3.05, 3.63) is 188 Å². The van der Waals surface area contributed by atoms with Gasteiger partial charge in [-0.05, 0) is 76.5 Å². The highest BCUT2D eigenvalue weighted by molar-refractivity contribution is 6.34. The second kappa shape index (κ2) is 11.3. The monoisotopic (exact) mass is 749 g/mol. The molecule has 5 aromatic heterocycles. The molecule has 0 atom stereocenters. The van der Waals surface area contributed by atoms with Gasteiger partial charge in [-0.2, -0.15) is 4.98 Å². The third kappa shape index (κ3) is 4.03. The average molecular weight is 750 g/mol. The molecule has 0 saturated carbocycles. The van der Waals surface area contributed by atoms with Gasteiger partial charge in [0.15, 0.2) is 5.82 Å². The number of fused-ring (bicyclic) bond motifs is 16. The SMILES string of the molecule is c1ccc(-c2ccc3c(c2)c2cc4c5ccccc5n(-c5nc(-n6c7ccccc7c7c8ccccc8ccc76)nc6ccccc56)c4c4c5ccccc5n3c24)cc1. The molecule has 0 aliphatic rings. The van der Waals surface area contributed by atoms with Gasteiger partial charge in [0, 0.05) is 48.5 Å². The third-order valence-electron chi connectivity index (χ3n) is 12.7. The number of nitrogens with zero attached hydrogens (tertiary/aromatic N) is 5. The molecule has 0 spiro atoms. The molecule has 0 N–H and O–H groups in total. The zero-order valence-electron chi connectivity index (χ0n) is 31.6. The molecule has 0 radical (unpaired) electrons. The molecule has 0 amide bonds. The minimum Gasteiger partial charge on any atom is -0.308 e. The van der Waals surface area contributed by atoms with E-state index in [0.29, 0.717) is 5.95 Å². The third-order valence-corrected chi connectivity index (χ3v) is 12.7. The Labute approximate surface area is 336 Å². The Balaban J connectivity index is 1.15. The Kier molecular flexibility index (Phi) is 5.96. The fourth-order valence-corrected chi connectivity index (χ4v) is 10.3. The van der Waals surface area contributed by atoms with Crippen molar-refractivity contribution < 1.29 is 0 Å². The van der Waals surface area contributed by atoms with Crippen molar-refractivity contribution in [1.29, 1.82) is 0 Å². The molecule has 59 heavy (non-hydrogen) atoms. The molecule has 0 fully saturated rings. The Morgan fingerprint density at radius 2 is 0.932 bits per heavy atom. The van der Waals surface area contributed by atoms with Crippen LogP contribution in [0.4, 0.5) is 0 Å². The molecule has 0 unspecified atom stereocenters. The van der Waals surface area contributed by atoms with E-state index in [1.54, 1.807) is 0 Å². The summed E-state index contributed by atoms with van der Waals surface area (Å²) in [5, 5.41) is 13.2. The lowest BCUT2D eigenvalue weighted by Crippen LogP contribution is -2.07. The fourth-order valence-electron chi connectivity index (χ4n) is 10.3. The summed E-state index contributed by atoms with van der Waals surface area (Å²) in [5.74, 6) is 1.50. The largest absolute Gasteiger partial charge is 0.308 e. The first-order chi connectivity index (χ1) is 29.3. The van der Waals surface area contributed by atoms with E-state index in [2.05, 4.69) is 202 Å². The molecule has 14 aromatic rings. The van der Waals surface area contributed by atoms with Crippen LogP contribution in [0.1, 0.15) is 0 Å². The predicted octanol–water partition coefficient (Wildman–Crippen LogP) is 13.8. The molecule has 5 nitrogen and oxygen atoms in total. The van der Waals surface area contributed by atoms with Gasteiger partial charge in [-0.3, -0.25) is 9.13 Å². The molecule has 5 heterocycles. The van der Waals surface area contributed by atoms with Gasteiger partial charge in [0.05, 0.1) is 44.1 Å². The summed E-state index contributed by atoms with van der Waals surface area (Å²) >= 11 is 0. The van der Waals surface area contributed by atoms with Crippen LogP contribution in [0.5, 0.6) is 0 Å². The lowest BCUT2D eigenvalue weighted by Gasteiger charge is -2.14. The highest BCUT2D eigenvalue weighted by atomic mass is 15.2. The quantitative estimate of drug-likeness (QED) is 0.180. The van der Waals surface area contributed by atoms with Crippen LogP contribution in [-0.4, -0.2) is 23.5 Å². The van der Waals surface area contributed by atoms with E-state index >= 15 is 0 Å². The fraction of sp³-hybridized carbons (Fsp3) is 0. The maximum atomic E-state index is 5.69. The molecule has 0 aliphatic heterocycles. The standard InChI is InChI=1S/C54H31N5/c1-2-14-32(15-3-1)34-27-28-47-40(30-34)42-31-41-36-18-7-11-23-44(36)59(52(41)50-39-21-9-12-24-45(39)57(47)51(42)50)53-37-19-6-10-22-43(37)55-54(56-53)58-46-25-13-8-20-38(46)49-35-17-5-4-16-33(35)26-29-48(49)58/h1-31H. The predicted molar refractivity (Wildman–Crippen MR) is 246 cm³/mol. The maximum absolute atomic E-state index is 5.69. The van der Waals surface area contributed by atoms with Crippen LogP contribution in [0.3, 0.4) is 0 Å². The Bertz CT molecular complexity index is 4070. The van der Waals surface area contributed by atoms with Gasteiger partial charge in [-0.1, -0.05) is 133 Å². The molecule has 0 aliphatic carbocycles. The van der Waals surface area contributed by atoms with E-state index in [-0.39, 0.29) is 0 Å². The zero-order chi connectivity index (χ0) is 38.3. The minimum absolute atomic E-state index is 0.645. The zero-order valence-corrected chi connectivity index (χ0v) is 31.6. The highest BCUT2D eigenvalue weighted by Gasteiger charge is 2.26. The molecule has 5 heteroatoms. The first kappa shape index (κ1) is 31.1. The first-order valence-electron chi connectivity index (χ1n) is 20.2. The summed E-state index contributed by atoms with van der Waals surface area (Å²) in [5.41, 5.74) is 11.4. The summed E-state index contributed by atoms with van der Waals surface area (Å²) in [4.78, 5) is 11.1. The van der Waals surface area contributed by atoms with Crippen LogP contribution in [-0.2, 0) is 0 Å². The molecule has 0 bridgehead atoms. The van der Waals surface area contributed by atoms with Gasteiger partial charge < -0.3 is 4.40 Å². The smallest absolute Gasteiger partial charge is 0.237 e. The van der Waals surface area contributed by atoms with E-state index in [1.807, 2.05) is 0 Å². The van der Waals surface area contributed by atoms with Crippen LogP contribution in [0, 0.1) is 0 Å². The van der Waals surface area contributed by atoms with Crippen molar-refractivity contribution in [2.45, 2.75) is 0 Å². The molecular formula is C54H31N5. The van der Waals surface area contributed by atoms with Crippen LogP contribution in [0.2, 0.25) is 0 Å². The van der Waals surface area contributed by atoms with Crippen molar-refractivity contribution in [3.8, 4) is 22.9 Å². The van der Waals surface area contributed by atoms with Crippen molar-refractivity contribution in [1.82, 2.24) is 23.5 Å². The summed E-state index contributed by atoms with van der Waals surface area (Å²) in [6, 6.07) is 68.0. The molecule has 0 saturated heterocycles. The van der Waals surface area contributed by atoms with Crippen LogP contribution in [0.15, 0.2) is 188 Å². The number of aromatic nitrogens is 5. The van der Waals surface area contributed by atoms with E-state index in [9.17, 15) is 0 Å². The summed E-state index contributed by atoms with van der Waals surface area (Å²) in [7, 11) is 0. The lowest BCUT2D eigenvalue weighted by molar-refractivity contribution is 0.974. The van der Waals surface area contributed by atoms with Crippen molar-refractivity contribution in [2.24, 2.45) is 0 Å². The van der Waals surface area contributed by atoms with Gasteiger partial charge in [0.25, 0.3) is 0 Å². The maximum Gasteiger partial charge on any atom is 0.237 e. The van der Waals surface area contributed by atoms with E-state index in [1.165, 1.54) is 81.5 Å². The molecule has 14 rings (SSSR count). The van der Waals surface area contributed by atoms with Gasteiger partial charge in [0.1, 0.15) is 0 Å². The molecular weight excluding hydrogens is 719 g/mol. The summed E-state index contributed by atoms with van der Waals surface area (Å²) in [6.07, 6.45) is 0. The number of rotatable bonds is 3. The lowest BCUT2D eigenvalue weighted by atomic mass is 10.00. The Hall–Kier alpha value is -8.02. The Morgan fingerprint density at radius 3 is 1.76 bits per heavy atom. The number of para-hydroxylation sites is 4. The van der Waals surface area contributed by atoms with Gasteiger partial charge >= 0.3 is 0 Å². The second-order valence-electron chi connectivity index (χ2n) is 15.7. The normalized spacial score (nSPS) is 12.4. The van der Waals surface area contributed by atoms with Gasteiger partial charge in [-0.15, -0.1) is 0 Å². The summed E-state index contributed by atoms with van der Waals surface area (Å²) < 4.78 is 7.17. The van der Waals surface area contributed by atoms with Crippen LogP contribution >= 0.6 is 0 Å². The van der Waals surface area contributed by atoms with Crippen molar-refractivity contribution >= 4 is 103 Å². The number of hydrogen-bond donors (Lipinski definition) is 0.